The fraction of sp³-hybridized carbons (Fsp3) is 0.143. The minimum absolute atomic E-state index is 0.817. The van der Waals surface area contributed by atoms with Gasteiger partial charge in [-0.05, 0) is 42.7 Å². The van der Waals surface area contributed by atoms with Crippen LogP contribution in [-0.4, -0.2) is 0 Å². The zero-order valence-electron chi connectivity index (χ0n) is 9.12. The van der Waals surface area contributed by atoms with Gasteiger partial charge in [-0.3, -0.25) is 0 Å². The van der Waals surface area contributed by atoms with Crippen LogP contribution in [0.1, 0.15) is 11.1 Å². The summed E-state index contributed by atoms with van der Waals surface area (Å²) >= 11 is 0. The first-order valence-corrected chi connectivity index (χ1v) is 5.10. The predicted octanol–water partition coefficient (Wildman–Crippen LogP) is 3.55. The Bertz CT molecular complexity index is 486. The smallest absolute Gasteiger partial charge is 0.0320 e. The zero-order chi connectivity index (χ0) is 10.8. The van der Waals surface area contributed by atoms with Gasteiger partial charge in [0.05, 0.1) is 0 Å². The van der Waals surface area contributed by atoms with Crippen LogP contribution in [0.5, 0.6) is 0 Å². The van der Waals surface area contributed by atoms with Crippen molar-refractivity contribution in [3.05, 3.63) is 53.6 Å². The molecule has 1 nitrogen and oxygen atoms in total. The Morgan fingerprint density at radius 1 is 0.933 bits per heavy atom. The number of benzene rings is 2. The first-order valence-electron chi connectivity index (χ1n) is 5.10. The van der Waals surface area contributed by atoms with Crippen LogP contribution in [0.2, 0.25) is 0 Å². The number of nitrogen functional groups attached to an aromatic ring is 1. The minimum atomic E-state index is 0.817. The standard InChI is InChI=1S/C14H15N/c1-10-4-3-5-12(8-10)14-9-13(15)7-6-11(14)2/h3-9H,15H2,1-2H3. The maximum Gasteiger partial charge on any atom is 0.0320 e. The zero-order valence-corrected chi connectivity index (χ0v) is 9.12. The highest BCUT2D eigenvalue weighted by Crippen LogP contribution is 2.25. The molecule has 0 aliphatic rings. The Morgan fingerprint density at radius 3 is 2.47 bits per heavy atom. The lowest BCUT2D eigenvalue weighted by molar-refractivity contribution is 1.43. The van der Waals surface area contributed by atoms with Crippen LogP contribution in [0.3, 0.4) is 0 Å². The fourth-order valence-electron chi connectivity index (χ4n) is 1.76. The van der Waals surface area contributed by atoms with Crippen LogP contribution >= 0.6 is 0 Å². The lowest BCUT2D eigenvalue weighted by atomic mass is 9.99. The summed E-state index contributed by atoms with van der Waals surface area (Å²) < 4.78 is 0. The van der Waals surface area contributed by atoms with E-state index in [1.165, 1.54) is 22.3 Å². The molecule has 0 heterocycles. The number of nitrogens with two attached hydrogens (primary N) is 1. The van der Waals surface area contributed by atoms with E-state index in [0.717, 1.165) is 5.69 Å². The molecule has 2 aromatic rings. The molecule has 0 unspecified atom stereocenters. The average molecular weight is 197 g/mol. The van der Waals surface area contributed by atoms with E-state index >= 15 is 0 Å². The van der Waals surface area contributed by atoms with E-state index in [9.17, 15) is 0 Å². The molecule has 0 bridgehead atoms. The van der Waals surface area contributed by atoms with Gasteiger partial charge in [0.2, 0.25) is 0 Å². The molecule has 15 heavy (non-hydrogen) atoms. The maximum atomic E-state index is 5.80. The summed E-state index contributed by atoms with van der Waals surface area (Å²) in [6, 6.07) is 14.5. The van der Waals surface area contributed by atoms with E-state index in [2.05, 4.69) is 44.2 Å². The molecule has 1 heteroatoms. The van der Waals surface area contributed by atoms with E-state index in [4.69, 9.17) is 5.73 Å². The van der Waals surface area contributed by atoms with Crippen LogP contribution in [-0.2, 0) is 0 Å². The summed E-state index contributed by atoms with van der Waals surface area (Å²) in [7, 11) is 0. The number of hydrogen-bond donors (Lipinski definition) is 1. The van der Waals surface area contributed by atoms with Crippen LogP contribution < -0.4 is 5.73 Å². The normalized spacial score (nSPS) is 10.3. The van der Waals surface area contributed by atoms with Crippen LogP contribution in [0.4, 0.5) is 5.69 Å². The molecule has 0 spiro atoms. The molecule has 0 saturated carbocycles. The molecule has 76 valence electrons. The highest BCUT2D eigenvalue weighted by Gasteiger charge is 2.01. The van der Waals surface area contributed by atoms with Crippen molar-refractivity contribution in [1.29, 1.82) is 0 Å². The van der Waals surface area contributed by atoms with Crippen molar-refractivity contribution in [2.45, 2.75) is 13.8 Å². The van der Waals surface area contributed by atoms with Crippen molar-refractivity contribution in [2.75, 3.05) is 5.73 Å². The van der Waals surface area contributed by atoms with Gasteiger partial charge < -0.3 is 5.73 Å². The molecule has 0 aliphatic carbocycles. The highest BCUT2D eigenvalue weighted by molar-refractivity contribution is 5.71. The molecule has 0 aromatic heterocycles. The number of hydrogen-bond acceptors (Lipinski definition) is 1. The summed E-state index contributed by atoms with van der Waals surface area (Å²) in [6.07, 6.45) is 0. The van der Waals surface area contributed by atoms with Gasteiger partial charge in [0, 0.05) is 5.69 Å². The third-order valence-corrected chi connectivity index (χ3v) is 2.59. The monoisotopic (exact) mass is 197 g/mol. The summed E-state index contributed by atoms with van der Waals surface area (Å²) in [4.78, 5) is 0. The van der Waals surface area contributed by atoms with Gasteiger partial charge in [0.15, 0.2) is 0 Å². The second kappa shape index (κ2) is 3.77. The quantitative estimate of drug-likeness (QED) is 0.695. The van der Waals surface area contributed by atoms with Crippen LogP contribution in [0.25, 0.3) is 11.1 Å². The Kier molecular flexibility index (Phi) is 2.46. The molecular weight excluding hydrogens is 182 g/mol. The minimum Gasteiger partial charge on any atom is -0.399 e. The Morgan fingerprint density at radius 2 is 1.73 bits per heavy atom. The largest absolute Gasteiger partial charge is 0.399 e. The Hall–Kier alpha value is -1.76. The van der Waals surface area contributed by atoms with Gasteiger partial charge in [0.25, 0.3) is 0 Å². The lowest BCUT2D eigenvalue weighted by Crippen LogP contribution is -1.89. The van der Waals surface area contributed by atoms with Crippen molar-refractivity contribution in [1.82, 2.24) is 0 Å². The summed E-state index contributed by atoms with van der Waals surface area (Å²) in [5.74, 6) is 0. The Labute approximate surface area is 90.6 Å². The number of aryl methyl sites for hydroxylation is 2. The summed E-state index contributed by atoms with van der Waals surface area (Å²) in [6.45, 7) is 4.21. The lowest BCUT2D eigenvalue weighted by Gasteiger charge is -2.07. The second-order valence-electron chi connectivity index (χ2n) is 3.94. The second-order valence-corrected chi connectivity index (χ2v) is 3.94. The fourth-order valence-corrected chi connectivity index (χ4v) is 1.76. The molecule has 0 saturated heterocycles. The van der Waals surface area contributed by atoms with E-state index in [-0.39, 0.29) is 0 Å². The first kappa shape index (κ1) is 9.78. The summed E-state index contributed by atoms with van der Waals surface area (Å²) in [5, 5.41) is 0. The molecule has 0 aliphatic heterocycles. The van der Waals surface area contributed by atoms with Gasteiger partial charge >= 0.3 is 0 Å². The molecule has 0 atom stereocenters. The molecule has 2 aromatic carbocycles. The third-order valence-electron chi connectivity index (χ3n) is 2.59. The van der Waals surface area contributed by atoms with Gasteiger partial charge in [-0.25, -0.2) is 0 Å². The highest BCUT2D eigenvalue weighted by atomic mass is 14.5. The molecule has 2 N–H and O–H groups in total. The van der Waals surface area contributed by atoms with Crippen molar-refractivity contribution in [3.63, 3.8) is 0 Å². The number of anilines is 1. The van der Waals surface area contributed by atoms with E-state index < -0.39 is 0 Å². The maximum absolute atomic E-state index is 5.80. The topological polar surface area (TPSA) is 26.0 Å². The van der Waals surface area contributed by atoms with Gasteiger partial charge in [-0.15, -0.1) is 0 Å². The third kappa shape index (κ3) is 2.01. The van der Waals surface area contributed by atoms with Crippen molar-refractivity contribution in [3.8, 4) is 11.1 Å². The van der Waals surface area contributed by atoms with Crippen molar-refractivity contribution >= 4 is 5.69 Å². The van der Waals surface area contributed by atoms with Gasteiger partial charge in [-0.1, -0.05) is 35.9 Å². The van der Waals surface area contributed by atoms with E-state index in [1.807, 2.05) is 12.1 Å². The molecule has 0 fully saturated rings. The molecule has 2 rings (SSSR count). The average Bonchev–Trinajstić information content (AvgIpc) is 2.22. The van der Waals surface area contributed by atoms with Gasteiger partial charge in [0.1, 0.15) is 0 Å². The van der Waals surface area contributed by atoms with Crippen molar-refractivity contribution in [2.24, 2.45) is 0 Å². The number of rotatable bonds is 1. The SMILES string of the molecule is Cc1cccc(-c2cc(N)ccc2C)c1. The van der Waals surface area contributed by atoms with Crippen molar-refractivity contribution < 1.29 is 0 Å². The molecule has 0 radical (unpaired) electrons. The Balaban J connectivity index is 2.58. The van der Waals surface area contributed by atoms with Crippen LogP contribution in [0, 0.1) is 13.8 Å². The van der Waals surface area contributed by atoms with Crippen LogP contribution in [0.15, 0.2) is 42.5 Å². The molecule has 0 amide bonds. The predicted molar refractivity (Wildman–Crippen MR) is 65.8 cm³/mol. The summed E-state index contributed by atoms with van der Waals surface area (Å²) in [5.41, 5.74) is 11.6. The van der Waals surface area contributed by atoms with E-state index in [0.29, 0.717) is 0 Å². The molecular formula is C14H15N. The first-order chi connectivity index (χ1) is 7.16. The van der Waals surface area contributed by atoms with E-state index in [1.54, 1.807) is 0 Å². The van der Waals surface area contributed by atoms with Gasteiger partial charge in [-0.2, -0.15) is 0 Å².